The van der Waals surface area contributed by atoms with Crippen LogP contribution in [0.1, 0.15) is 30.1 Å². The Hall–Kier alpha value is -2.57. The lowest BCUT2D eigenvalue weighted by atomic mass is 10.2. The van der Waals surface area contributed by atoms with Gasteiger partial charge in [-0.2, -0.15) is 0 Å². The van der Waals surface area contributed by atoms with Crippen LogP contribution in [0.3, 0.4) is 0 Å². The highest BCUT2D eigenvalue weighted by Gasteiger charge is 2.15. The minimum Gasteiger partial charge on any atom is -0.494 e. The quantitative estimate of drug-likeness (QED) is 0.526. The largest absolute Gasteiger partial charge is 0.494 e. The van der Waals surface area contributed by atoms with Crippen LogP contribution in [-0.2, 0) is 0 Å². The Bertz CT molecular complexity index is 943. The molecule has 27 heavy (non-hydrogen) atoms. The van der Waals surface area contributed by atoms with Gasteiger partial charge in [0.15, 0.2) is 0 Å². The van der Waals surface area contributed by atoms with Gasteiger partial charge in [-0.05, 0) is 42.8 Å². The van der Waals surface area contributed by atoms with E-state index in [1.165, 1.54) is 0 Å². The van der Waals surface area contributed by atoms with Crippen molar-refractivity contribution in [3.05, 3.63) is 58.1 Å². The van der Waals surface area contributed by atoms with Gasteiger partial charge >= 0.3 is 6.01 Å². The molecule has 0 aliphatic carbocycles. The van der Waals surface area contributed by atoms with Gasteiger partial charge in [-0.3, -0.25) is 10.1 Å². The molecule has 1 amide bonds. The fourth-order valence-corrected chi connectivity index (χ4v) is 2.77. The molecule has 3 aromatic rings. The minimum atomic E-state index is -0.381. The van der Waals surface area contributed by atoms with Crippen molar-refractivity contribution in [3.8, 4) is 17.2 Å². The van der Waals surface area contributed by atoms with Crippen LogP contribution in [0.15, 0.2) is 46.9 Å². The van der Waals surface area contributed by atoms with Crippen molar-refractivity contribution in [3.63, 3.8) is 0 Å². The van der Waals surface area contributed by atoms with Crippen LogP contribution >= 0.6 is 23.2 Å². The van der Waals surface area contributed by atoms with Crippen molar-refractivity contribution >= 4 is 35.1 Å². The van der Waals surface area contributed by atoms with Crippen LogP contribution < -0.4 is 10.1 Å². The number of rotatable bonds is 7. The van der Waals surface area contributed by atoms with Gasteiger partial charge in [0.1, 0.15) is 5.75 Å². The number of anilines is 1. The van der Waals surface area contributed by atoms with E-state index in [-0.39, 0.29) is 17.8 Å². The summed E-state index contributed by atoms with van der Waals surface area (Å²) in [5.41, 5.74) is 0.952. The fraction of sp³-hybridized carbons (Fsp3) is 0.211. The molecule has 1 heterocycles. The second-order valence-corrected chi connectivity index (χ2v) is 6.56. The van der Waals surface area contributed by atoms with E-state index < -0.39 is 0 Å². The number of aromatic nitrogens is 2. The lowest BCUT2D eigenvalue weighted by Crippen LogP contribution is -2.12. The molecular formula is C19H17Cl2N3O3. The van der Waals surface area contributed by atoms with Crippen LogP contribution in [0.4, 0.5) is 6.01 Å². The van der Waals surface area contributed by atoms with E-state index in [9.17, 15) is 4.79 Å². The Morgan fingerprint density at radius 1 is 1.19 bits per heavy atom. The van der Waals surface area contributed by atoms with Crippen LogP contribution in [0.5, 0.6) is 5.75 Å². The number of hydrogen-bond acceptors (Lipinski definition) is 5. The summed E-state index contributed by atoms with van der Waals surface area (Å²) in [4.78, 5) is 12.4. The molecule has 0 aliphatic heterocycles. The van der Waals surface area contributed by atoms with E-state index in [0.29, 0.717) is 33.5 Å². The summed E-state index contributed by atoms with van der Waals surface area (Å²) in [6.45, 7) is 2.69. The molecule has 0 radical (unpaired) electrons. The summed E-state index contributed by atoms with van der Waals surface area (Å²) in [6.07, 6.45) is 1.99. The monoisotopic (exact) mass is 405 g/mol. The number of nitrogens with one attached hydrogen (secondary N) is 1. The average Bonchev–Trinajstić information content (AvgIpc) is 3.10. The summed E-state index contributed by atoms with van der Waals surface area (Å²) < 4.78 is 11.1. The maximum absolute atomic E-state index is 12.4. The third kappa shape index (κ3) is 4.99. The van der Waals surface area contributed by atoms with Gasteiger partial charge in [0.2, 0.25) is 0 Å². The molecule has 1 aromatic heterocycles. The first-order chi connectivity index (χ1) is 13.1. The van der Waals surface area contributed by atoms with Gasteiger partial charge in [-0.15, -0.1) is 5.10 Å². The minimum absolute atomic E-state index is 0.0293. The molecule has 140 valence electrons. The van der Waals surface area contributed by atoms with Crippen molar-refractivity contribution in [2.75, 3.05) is 11.9 Å². The molecule has 0 fully saturated rings. The predicted molar refractivity (Wildman–Crippen MR) is 105 cm³/mol. The molecule has 0 unspecified atom stereocenters. The van der Waals surface area contributed by atoms with Crippen LogP contribution in [0.25, 0.3) is 11.5 Å². The number of carbonyl (C=O) groups excluding carboxylic acids is 1. The standard InChI is InChI=1S/C19H17Cl2N3O3/c1-2-3-9-26-14-6-4-5-12(10-14)17(25)22-19-24-23-18(27-19)15-8-7-13(20)11-16(15)21/h4-8,10-11H,2-3,9H2,1H3,(H,22,24,25). The highest BCUT2D eigenvalue weighted by molar-refractivity contribution is 6.36. The second kappa shape index (κ2) is 8.88. The lowest BCUT2D eigenvalue weighted by molar-refractivity contribution is 0.102. The van der Waals surface area contributed by atoms with Gasteiger partial charge < -0.3 is 9.15 Å². The molecule has 0 bridgehead atoms. The van der Waals surface area contributed by atoms with Crippen LogP contribution in [0.2, 0.25) is 10.0 Å². The Balaban J connectivity index is 1.70. The van der Waals surface area contributed by atoms with Crippen LogP contribution in [0, 0.1) is 0 Å². The lowest BCUT2D eigenvalue weighted by Gasteiger charge is -2.07. The van der Waals surface area contributed by atoms with Gasteiger partial charge in [0.05, 0.1) is 17.2 Å². The van der Waals surface area contributed by atoms with Crippen LogP contribution in [-0.4, -0.2) is 22.7 Å². The first kappa shape index (κ1) is 19.2. The Labute approximate surface area is 166 Å². The van der Waals surface area contributed by atoms with Gasteiger partial charge in [0, 0.05) is 10.6 Å². The molecule has 0 aliphatic rings. The smallest absolute Gasteiger partial charge is 0.322 e. The number of halogens is 2. The normalized spacial score (nSPS) is 10.6. The van der Waals surface area contributed by atoms with Crippen molar-refractivity contribution < 1.29 is 13.9 Å². The summed E-state index contributed by atoms with van der Waals surface area (Å²) >= 11 is 12.0. The van der Waals surface area contributed by atoms with E-state index in [2.05, 4.69) is 22.4 Å². The predicted octanol–water partition coefficient (Wildman–Crippen LogP) is 5.47. The third-order valence-corrected chi connectivity index (χ3v) is 4.22. The molecule has 0 saturated heterocycles. The van der Waals surface area contributed by atoms with Crippen molar-refractivity contribution in [2.45, 2.75) is 19.8 Å². The summed E-state index contributed by atoms with van der Waals surface area (Å²) in [7, 11) is 0. The molecule has 0 saturated carbocycles. The summed E-state index contributed by atoms with van der Waals surface area (Å²) in [6, 6.07) is 11.8. The molecular weight excluding hydrogens is 389 g/mol. The maximum atomic E-state index is 12.4. The van der Waals surface area contributed by atoms with E-state index in [1.54, 1.807) is 42.5 Å². The molecule has 8 heteroatoms. The molecule has 2 aromatic carbocycles. The maximum Gasteiger partial charge on any atom is 0.322 e. The number of unbranched alkanes of at least 4 members (excludes halogenated alkanes) is 1. The van der Waals surface area contributed by atoms with Crippen molar-refractivity contribution in [1.82, 2.24) is 10.2 Å². The zero-order valence-corrected chi connectivity index (χ0v) is 16.0. The molecule has 3 rings (SSSR count). The number of benzene rings is 2. The SMILES string of the molecule is CCCCOc1cccc(C(=O)Nc2nnc(-c3ccc(Cl)cc3Cl)o2)c1. The zero-order chi connectivity index (χ0) is 19.2. The highest BCUT2D eigenvalue weighted by Crippen LogP contribution is 2.30. The first-order valence-corrected chi connectivity index (χ1v) is 9.15. The summed E-state index contributed by atoms with van der Waals surface area (Å²) in [5.74, 6) is 0.437. The topological polar surface area (TPSA) is 77.2 Å². The molecule has 0 spiro atoms. The van der Waals surface area contributed by atoms with Gasteiger partial charge in [-0.25, -0.2) is 0 Å². The van der Waals surface area contributed by atoms with Crippen molar-refractivity contribution in [2.24, 2.45) is 0 Å². The van der Waals surface area contributed by atoms with Gasteiger partial charge in [0.25, 0.3) is 11.8 Å². The van der Waals surface area contributed by atoms with Crippen molar-refractivity contribution in [1.29, 1.82) is 0 Å². The Kier molecular flexibility index (Phi) is 6.32. The zero-order valence-electron chi connectivity index (χ0n) is 14.5. The average molecular weight is 406 g/mol. The first-order valence-electron chi connectivity index (χ1n) is 8.40. The number of carbonyl (C=O) groups is 1. The van der Waals surface area contributed by atoms with E-state index in [0.717, 1.165) is 12.8 Å². The highest BCUT2D eigenvalue weighted by atomic mass is 35.5. The molecule has 0 atom stereocenters. The number of amides is 1. The Morgan fingerprint density at radius 2 is 2.04 bits per heavy atom. The van der Waals surface area contributed by atoms with E-state index in [1.807, 2.05) is 0 Å². The third-order valence-electron chi connectivity index (χ3n) is 3.67. The van der Waals surface area contributed by atoms with Gasteiger partial charge in [-0.1, -0.05) is 47.7 Å². The molecule has 1 N–H and O–H groups in total. The fourth-order valence-electron chi connectivity index (χ4n) is 2.28. The second-order valence-electron chi connectivity index (χ2n) is 5.72. The van der Waals surface area contributed by atoms with E-state index in [4.69, 9.17) is 32.4 Å². The molecule has 6 nitrogen and oxygen atoms in total. The van der Waals surface area contributed by atoms with E-state index >= 15 is 0 Å². The Morgan fingerprint density at radius 3 is 2.81 bits per heavy atom. The number of nitrogens with zero attached hydrogens (tertiary/aromatic N) is 2. The summed E-state index contributed by atoms with van der Waals surface area (Å²) in [5, 5.41) is 11.2. The number of ether oxygens (including phenoxy) is 1. The number of hydrogen-bond donors (Lipinski definition) is 1.